The van der Waals surface area contributed by atoms with Gasteiger partial charge in [-0.3, -0.25) is 14.9 Å². The molecule has 0 unspecified atom stereocenters. The maximum absolute atomic E-state index is 12.1. The number of nitro benzene ring substituents is 1. The normalized spacial score (nSPS) is 10.2. The third-order valence-electron chi connectivity index (χ3n) is 2.54. The Morgan fingerprint density at radius 2 is 1.89 bits per heavy atom. The second-order valence-corrected chi connectivity index (χ2v) is 4.52. The molecule has 0 spiro atoms. The van der Waals surface area contributed by atoms with E-state index in [0.717, 1.165) is 0 Å². The molecule has 6 nitrogen and oxygen atoms in total. The molecule has 0 aliphatic heterocycles. The summed E-state index contributed by atoms with van der Waals surface area (Å²) in [6, 6.07) is 8.88. The van der Waals surface area contributed by atoms with Gasteiger partial charge < -0.3 is 9.32 Å². The molecule has 0 aliphatic rings. The van der Waals surface area contributed by atoms with E-state index in [1.54, 1.807) is 19.2 Å². The van der Waals surface area contributed by atoms with E-state index in [9.17, 15) is 14.9 Å². The predicted molar refractivity (Wildman–Crippen MR) is 72.2 cm³/mol. The van der Waals surface area contributed by atoms with Gasteiger partial charge in [0, 0.05) is 24.9 Å². The van der Waals surface area contributed by atoms with E-state index in [0.29, 0.717) is 10.4 Å². The van der Waals surface area contributed by atoms with Crippen LogP contribution in [0.15, 0.2) is 45.5 Å². The molecule has 19 heavy (non-hydrogen) atoms. The summed E-state index contributed by atoms with van der Waals surface area (Å²) in [5.74, 6) is -0.146. The molecule has 0 aliphatic carbocycles. The molecule has 0 saturated heterocycles. The maximum atomic E-state index is 12.1. The van der Waals surface area contributed by atoms with Gasteiger partial charge in [-0.15, -0.1) is 0 Å². The average Bonchev–Trinajstić information content (AvgIpc) is 2.84. The lowest BCUT2D eigenvalue weighted by atomic mass is 10.2. The van der Waals surface area contributed by atoms with Crippen LogP contribution in [-0.4, -0.2) is 17.9 Å². The van der Waals surface area contributed by atoms with Crippen molar-refractivity contribution in [2.24, 2.45) is 0 Å². The molecule has 2 rings (SSSR count). The van der Waals surface area contributed by atoms with E-state index in [4.69, 9.17) is 4.42 Å². The van der Waals surface area contributed by atoms with Crippen LogP contribution in [0.3, 0.4) is 0 Å². The first-order chi connectivity index (χ1) is 8.99. The molecule has 1 aromatic carbocycles. The summed E-state index contributed by atoms with van der Waals surface area (Å²) >= 11 is 3.12. The first-order valence-corrected chi connectivity index (χ1v) is 6.06. The van der Waals surface area contributed by atoms with Crippen molar-refractivity contribution in [1.29, 1.82) is 0 Å². The van der Waals surface area contributed by atoms with Crippen molar-refractivity contribution in [3.05, 3.63) is 56.9 Å². The molecule has 1 aromatic heterocycles. The Balaban J connectivity index is 2.21. The number of nitrogens with zero attached hydrogens (tertiary/aromatic N) is 2. The highest BCUT2D eigenvalue weighted by molar-refractivity contribution is 9.10. The van der Waals surface area contributed by atoms with Crippen LogP contribution < -0.4 is 4.90 Å². The number of hydrogen-bond acceptors (Lipinski definition) is 4. The van der Waals surface area contributed by atoms with E-state index < -0.39 is 4.92 Å². The van der Waals surface area contributed by atoms with E-state index in [1.807, 2.05) is 0 Å². The van der Waals surface area contributed by atoms with Gasteiger partial charge in [-0.25, -0.2) is 0 Å². The van der Waals surface area contributed by atoms with Gasteiger partial charge in [-0.05, 0) is 40.2 Å². The number of halogens is 1. The van der Waals surface area contributed by atoms with E-state index in [-0.39, 0.29) is 17.4 Å². The summed E-state index contributed by atoms with van der Waals surface area (Å²) in [4.78, 5) is 23.5. The standard InChI is InChI=1S/C12H9BrN2O4/c1-14(12(16)10-6-7-11(13)19-10)8-2-4-9(5-3-8)15(17)18/h2-7H,1H3. The monoisotopic (exact) mass is 324 g/mol. The number of amides is 1. The fourth-order valence-corrected chi connectivity index (χ4v) is 1.82. The summed E-state index contributed by atoms with van der Waals surface area (Å²) in [6.07, 6.45) is 0. The van der Waals surface area contributed by atoms with Crippen molar-refractivity contribution in [2.45, 2.75) is 0 Å². The molecule has 0 saturated carbocycles. The number of benzene rings is 1. The molecule has 1 amide bonds. The van der Waals surface area contributed by atoms with Crippen LogP contribution in [0.1, 0.15) is 10.6 Å². The third-order valence-corrected chi connectivity index (χ3v) is 2.96. The zero-order valence-electron chi connectivity index (χ0n) is 9.87. The fraction of sp³-hybridized carbons (Fsp3) is 0.0833. The van der Waals surface area contributed by atoms with Crippen molar-refractivity contribution >= 4 is 33.2 Å². The van der Waals surface area contributed by atoms with E-state index in [2.05, 4.69) is 15.9 Å². The lowest BCUT2D eigenvalue weighted by molar-refractivity contribution is -0.384. The van der Waals surface area contributed by atoms with E-state index in [1.165, 1.54) is 29.2 Å². The molecule has 0 atom stereocenters. The van der Waals surface area contributed by atoms with Crippen molar-refractivity contribution in [3.8, 4) is 0 Å². The van der Waals surface area contributed by atoms with Crippen LogP contribution >= 0.6 is 15.9 Å². The number of rotatable bonds is 3. The molecule has 0 radical (unpaired) electrons. The highest BCUT2D eigenvalue weighted by Crippen LogP contribution is 2.21. The molecule has 0 N–H and O–H groups in total. The lowest BCUT2D eigenvalue weighted by Crippen LogP contribution is -2.25. The zero-order chi connectivity index (χ0) is 14.0. The smallest absolute Gasteiger partial charge is 0.293 e. The molecule has 1 heterocycles. The number of non-ortho nitro benzene ring substituents is 1. The summed E-state index contributed by atoms with van der Waals surface area (Å²) < 4.78 is 5.63. The highest BCUT2D eigenvalue weighted by atomic mass is 79.9. The molecule has 98 valence electrons. The number of nitro groups is 1. The first kappa shape index (κ1) is 13.3. The van der Waals surface area contributed by atoms with Gasteiger partial charge in [0.05, 0.1) is 4.92 Å². The van der Waals surface area contributed by atoms with Crippen LogP contribution in [0.2, 0.25) is 0 Å². The van der Waals surface area contributed by atoms with Crippen molar-refractivity contribution in [1.82, 2.24) is 0 Å². The van der Waals surface area contributed by atoms with Crippen molar-refractivity contribution in [2.75, 3.05) is 11.9 Å². The van der Waals surface area contributed by atoms with Crippen molar-refractivity contribution in [3.63, 3.8) is 0 Å². The van der Waals surface area contributed by atoms with E-state index >= 15 is 0 Å². The van der Waals surface area contributed by atoms with Gasteiger partial charge in [0.2, 0.25) is 0 Å². The number of carbonyl (C=O) groups is 1. The van der Waals surface area contributed by atoms with Crippen LogP contribution in [0.5, 0.6) is 0 Å². The lowest BCUT2D eigenvalue weighted by Gasteiger charge is -2.15. The second-order valence-electron chi connectivity index (χ2n) is 3.74. The Morgan fingerprint density at radius 1 is 1.26 bits per heavy atom. The Hall–Kier alpha value is -2.15. The van der Waals surface area contributed by atoms with Gasteiger partial charge in [-0.1, -0.05) is 0 Å². The molecule has 0 bridgehead atoms. The van der Waals surface area contributed by atoms with Crippen molar-refractivity contribution < 1.29 is 14.1 Å². The largest absolute Gasteiger partial charge is 0.444 e. The molecule has 2 aromatic rings. The minimum atomic E-state index is -0.491. The average molecular weight is 325 g/mol. The van der Waals surface area contributed by atoms with Crippen LogP contribution in [-0.2, 0) is 0 Å². The Labute approximate surface area is 116 Å². The third kappa shape index (κ3) is 2.82. The second kappa shape index (κ2) is 5.23. The highest BCUT2D eigenvalue weighted by Gasteiger charge is 2.17. The summed E-state index contributed by atoms with van der Waals surface area (Å²) in [7, 11) is 1.57. The first-order valence-electron chi connectivity index (χ1n) is 5.27. The van der Waals surface area contributed by atoms with Gasteiger partial charge >= 0.3 is 0 Å². The van der Waals surface area contributed by atoms with Crippen LogP contribution in [0, 0.1) is 10.1 Å². The minimum Gasteiger partial charge on any atom is -0.444 e. The number of carbonyl (C=O) groups excluding carboxylic acids is 1. The molecule has 7 heteroatoms. The summed E-state index contributed by atoms with van der Waals surface area (Å²) in [5.41, 5.74) is 0.522. The zero-order valence-corrected chi connectivity index (χ0v) is 11.5. The minimum absolute atomic E-state index is 0.0228. The molecular formula is C12H9BrN2O4. The summed E-state index contributed by atoms with van der Waals surface area (Å²) in [5, 5.41) is 10.5. The molecule has 0 fully saturated rings. The molecular weight excluding hydrogens is 316 g/mol. The van der Waals surface area contributed by atoms with Crippen LogP contribution in [0.25, 0.3) is 0 Å². The maximum Gasteiger partial charge on any atom is 0.293 e. The number of anilines is 1. The Bertz CT molecular complexity index is 621. The summed E-state index contributed by atoms with van der Waals surface area (Å²) in [6.45, 7) is 0. The van der Waals surface area contributed by atoms with Gasteiger partial charge in [0.1, 0.15) is 0 Å². The Morgan fingerprint density at radius 3 is 2.37 bits per heavy atom. The SMILES string of the molecule is CN(C(=O)c1ccc(Br)o1)c1ccc([N+](=O)[O-])cc1. The predicted octanol–water partition coefficient (Wildman–Crippen LogP) is 3.23. The van der Waals surface area contributed by atoms with Gasteiger partial charge in [0.25, 0.3) is 11.6 Å². The van der Waals surface area contributed by atoms with Gasteiger partial charge in [-0.2, -0.15) is 0 Å². The number of hydrogen-bond donors (Lipinski definition) is 0. The van der Waals surface area contributed by atoms with Gasteiger partial charge in [0.15, 0.2) is 10.4 Å². The topological polar surface area (TPSA) is 76.6 Å². The van der Waals surface area contributed by atoms with Crippen LogP contribution in [0.4, 0.5) is 11.4 Å². The quantitative estimate of drug-likeness (QED) is 0.641. The fourth-order valence-electron chi connectivity index (χ4n) is 1.51. The number of furan rings is 1. The Kier molecular flexibility index (Phi) is 3.66.